The molecule has 0 radical (unpaired) electrons. The summed E-state index contributed by atoms with van der Waals surface area (Å²) in [5, 5.41) is 3.53. The molecular formula is C13H13Cl2N3O. The van der Waals surface area contributed by atoms with Gasteiger partial charge in [-0.25, -0.2) is 4.98 Å². The number of imidazole rings is 1. The Morgan fingerprint density at radius 1 is 1.47 bits per heavy atom. The third kappa shape index (κ3) is 2.55. The molecule has 100 valence electrons. The second-order valence-corrected chi connectivity index (χ2v) is 5.37. The van der Waals surface area contributed by atoms with Crippen molar-refractivity contribution in [3.8, 4) is 0 Å². The van der Waals surface area contributed by atoms with E-state index in [9.17, 15) is 4.79 Å². The number of aromatic nitrogens is 2. The molecule has 4 nitrogen and oxygen atoms in total. The van der Waals surface area contributed by atoms with Crippen molar-refractivity contribution in [3.05, 3.63) is 29.0 Å². The first kappa shape index (κ1) is 12.8. The van der Waals surface area contributed by atoms with Crippen LogP contribution in [0.15, 0.2) is 18.2 Å². The number of carbonyl (C=O) groups is 1. The molecule has 1 fully saturated rings. The van der Waals surface area contributed by atoms with Crippen LogP contribution in [0, 0.1) is 0 Å². The van der Waals surface area contributed by atoms with Crippen LogP contribution in [0.1, 0.15) is 18.7 Å². The van der Waals surface area contributed by atoms with Crippen LogP contribution in [0.25, 0.3) is 11.0 Å². The minimum absolute atomic E-state index is 0.00635. The summed E-state index contributed by atoms with van der Waals surface area (Å²) < 4.78 is 1.83. The quantitative estimate of drug-likeness (QED) is 0.882. The largest absolute Gasteiger partial charge is 0.352 e. The van der Waals surface area contributed by atoms with Crippen LogP contribution in [0.3, 0.4) is 0 Å². The fourth-order valence-electron chi connectivity index (χ4n) is 2.08. The Labute approximate surface area is 120 Å². The van der Waals surface area contributed by atoms with Crippen molar-refractivity contribution in [2.75, 3.05) is 0 Å². The summed E-state index contributed by atoms with van der Waals surface area (Å²) in [6.45, 7) is 0.232. The van der Waals surface area contributed by atoms with Gasteiger partial charge in [-0.3, -0.25) is 4.79 Å². The molecule has 1 heterocycles. The van der Waals surface area contributed by atoms with E-state index in [0.29, 0.717) is 22.4 Å². The van der Waals surface area contributed by atoms with Crippen LogP contribution in [-0.4, -0.2) is 21.5 Å². The molecular weight excluding hydrogens is 285 g/mol. The van der Waals surface area contributed by atoms with Gasteiger partial charge in [0.15, 0.2) is 0 Å². The standard InChI is InChI=1S/C13H13Cl2N3O/c14-6-11-17-13-9(15)2-1-3-10(13)18(11)7-12(19)16-8-4-5-8/h1-3,8H,4-7H2,(H,16,19). The number of halogens is 2. The van der Waals surface area contributed by atoms with Crippen LogP contribution >= 0.6 is 23.2 Å². The molecule has 1 aliphatic rings. The number of benzene rings is 1. The van der Waals surface area contributed by atoms with Gasteiger partial charge in [-0.2, -0.15) is 0 Å². The maximum atomic E-state index is 11.9. The van der Waals surface area contributed by atoms with Crippen LogP contribution < -0.4 is 5.32 Å². The molecule has 3 rings (SSSR count). The van der Waals surface area contributed by atoms with E-state index >= 15 is 0 Å². The normalized spacial score (nSPS) is 14.8. The zero-order valence-electron chi connectivity index (χ0n) is 10.2. The van der Waals surface area contributed by atoms with Gasteiger partial charge in [0, 0.05) is 6.04 Å². The third-order valence-electron chi connectivity index (χ3n) is 3.17. The number of fused-ring (bicyclic) bond motifs is 1. The molecule has 1 saturated carbocycles. The van der Waals surface area contributed by atoms with Crippen LogP contribution in [-0.2, 0) is 17.2 Å². The van der Waals surface area contributed by atoms with Gasteiger partial charge >= 0.3 is 0 Å². The number of para-hydroxylation sites is 1. The molecule has 0 bridgehead atoms. The van der Waals surface area contributed by atoms with Crippen molar-refractivity contribution in [1.82, 2.24) is 14.9 Å². The van der Waals surface area contributed by atoms with Gasteiger partial charge in [0.25, 0.3) is 0 Å². The van der Waals surface area contributed by atoms with Crippen molar-refractivity contribution >= 4 is 40.1 Å². The minimum atomic E-state index is -0.00635. The second kappa shape index (κ2) is 5.02. The highest BCUT2D eigenvalue weighted by Crippen LogP contribution is 2.25. The summed E-state index contributed by atoms with van der Waals surface area (Å²) in [7, 11) is 0. The maximum Gasteiger partial charge on any atom is 0.240 e. The number of hydrogen-bond acceptors (Lipinski definition) is 2. The van der Waals surface area contributed by atoms with E-state index in [1.54, 1.807) is 6.07 Å². The van der Waals surface area contributed by atoms with E-state index in [2.05, 4.69) is 10.3 Å². The van der Waals surface area contributed by atoms with Crippen molar-refractivity contribution in [2.24, 2.45) is 0 Å². The number of nitrogens with one attached hydrogen (secondary N) is 1. The molecule has 0 spiro atoms. The molecule has 0 aliphatic heterocycles. The number of hydrogen-bond donors (Lipinski definition) is 1. The molecule has 0 unspecified atom stereocenters. The monoisotopic (exact) mass is 297 g/mol. The fraction of sp³-hybridized carbons (Fsp3) is 0.385. The van der Waals surface area contributed by atoms with Gasteiger partial charge in [0.2, 0.25) is 5.91 Å². The Kier molecular flexibility index (Phi) is 3.37. The minimum Gasteiger partial charge on any atom is -0.352 e. The molecule has 2 aromatic rings. The number of rotatable bonds is 4. The Bertz CT molecular complexity index is 634. The maximum absolute atomic E-state index is 11.9. The lowest BCUT2D eigenvalue weighted by Crippen LogP contribution is -2.29. The SMILES string of the molecule is O=C(Cn1c(CCl)nc2c(Cl)cccc21)NC1CC1. The van der Waals surface area contributed by atoms with Crippen LogP contribution in [0.5, 0.6) is 0 Å². The van der Waals surface area contributed by atoms with Gasteiger partial charge in [-0.15, -0.1) is 11.6 Å². The Morgan fingerprint density at radius 3 is 2.95 bits per heavy atom. The zero-order valence-corrected chi connectivity index (χ0v) is 11.7. The van der Waals surface area contributed by atoms with Gasteiger partial charge < -0.3 is 9.88 Å². The van der Waals surface area contributed by atoms with E-state index in [4.69, 9.17) is 23.2 Å². The van der Waals surface area contributed by atoms with Crippen LogP contribution in [0.2, 0.25) is 5.02 Å². The summed E-state index contributed by atoms with van der Waals surface area (Å²) in [6, 6.07) is 5.88. The molecule has 0 atom stereocenters. The molecule has 0 saturated heterocycles. The van der Waals surface area contributed by atoms with Crippen LogP contribution in [0.4, 0.5) is 0 Å². The smallest absolute Gasteiger partial charge is 0.240 e. The third-order valence-corrected chi connectivity index (χ3v) is 3.72. The second-order valence-electron chi connectivity index (χ2n) is 4.70. The lowest BCUT2D eigenvalue weighted by molar-refractivity contribution is -0.121. The Morgan fingerprint density at radius 2 is 2.26 bits per heavy atom. The summed E-state index contributed by atoms with van der Waals surface area (Å²) in [6.07, 6.45) is 2.15. The van der Waals surface area contributed by atoms with E-state index in [1.807, 2.05) is 16.7 Å². The first-order valence-electron chi connectivity index (χ1n) is 6.18. The first-order valence-corrected chi connectivity index (χ1v) is 7.09. The highest BCUT2D eigenvalue weighted by atomic mass is 35.5. The van der Waals surface area contributed by atoms with Gasteiger partial charge in [0.05, 0.1) is 16.4 Å². The van der Waals surface area contributed by atoms with E-state index in [1.165, 1.54) is 0 Å². The van der Waals surface area contributed by atoms with Crippen molar-refractivity contribution in [2.45, 2.75) is 31.3 Å². The van der Waals surface area contributed by atoms with Gasteiger partial charge in [0.1, 0.15) is 17.9 Å². The molecule has 1 aromatic heterocycles. The van der Waals surface area contributed by atoms with E-state index in [0.717, 1.165) is 18.4 Å². The number of amides is 1. The molecule has 1 amide bonds. The highest BCUT2D eigenvalue weighted by molar-refractivity contribution is 6.35. The van der Waals surface area contributed by atoms with Crippen molar-refractivity contribution < 1.29 is 4.79 Å². The molecule has 1 aliphatic carbocycles. The first-order chi connectivity index (χ1) is 9.19. The molecule has 1 aromatic carbocycles. The lowest BCUT2D eigenvalue weighted by atomic mass is 10.3. The lowest BCUT2D eigenvalue weighted by Gasteiger charge is -2.08. The fourth-order valence-corrected chi connectivity index (χ4v) is 2.50. The summed E-state index contributed by atoms with van der Waals surface area (Å²) >= 11 is 12.0. The number of carbonyl (C=O) groups excluding carboxylic acids is 1. The number of nitrogens with zero attached hydrogens (tertiary/aromatic N) is 2. The van der Waals surface area contributed by atoms with E-state index < -0.39 is 0 Å². The Balaban J connectivity index is 1.95. The predicted octanol–water partition coefficient (Wildman–Crippen LogP) is 2.71. The predicted molar refractivity (Wildman–Crippen MR) is 75.5 cm³/mol. The number of alkyl halides is 1. The average Bonchev–Trinajstić information content (AvgIpc) is 3.12. The van der Waals surface area contributed by atoms with Gasteiger partial charge in [-0.1, -0.05) is 17.7 Å². The topological polar surface area (TPSA) is 46.9 Å². The van der Waals surface area contributed by atoms with Crippen molar-refractivity contribution in [3.63, 3.8) is 0 Å². The average molecular weight is 298 g/mol. The summed E-state index contributed by atoms with van der Waals surface area (Å²) in [5.41, 5.74) is 1.54. The zero-order chi connectivity index (χ0) is 13.4. The molecule has 6 heteroatoms. The van der Waals surface area contributed by atoms with Crippen molar-refractivity contribution in [1.29, 1.82) is 0 Å². The Hall–Kier alpha value is -1.26. The molecule has 19 heavy (non-hydrogen) atoms. The molecule has 1 N–H and O–H groups in total. The van der Waals surface area contributed by atoms with Gasteiger partial charge in [-0.05, 0) is 25.0 Å². The van der Waals surface area contributed by atoms with E-state index in [-0.39, 0.29) is 18.3 Å². The highest BCUT2D eigenvalue weighted by Gasteiger charge is 2.24. The summed E-state index contributed by atoms with van der Waals surface area (Å²) in [4.78, 5) is 16.3. The summed E-state index contributed by atoms with van der Waals surface area (Å²) in [5.74, 6) is 0.908.